The molecule has 0 aliphatic rings. The molecule has 0 saturated carbocycles. The number of benzene rings is 1. The van der Waals surface area contributed by atoms with Gasteiger partial charge in [0.1, 0.15) is 5.75 Å². The van der Waals surface area contributed by atoms with E-state index in [1.165, 1.54) is 0 Å². The summed E-state index contributed by atoms with van der Waals surface area (Å²) in [5.74, 6) is -2.54. The number of aliphatic carboxylic acids is 2. The van der Waals surface area contributed by atoms with Crippen molar-refractivity contribution in [1.29, 1.82) is 0 Å². The molecule has 0 aliphatic carbocycles. The van der Waals surface area contributed by atoms with Crippen LogP contribution < -0.4 is 10.5 Å². The Morgan fingerprint density at radius 1 is 1.25 bits per heavy atom. The van der Waals surface area contributed by atoms with E-state index in [1.54, 1.807) is 30.5 Å². The van der Waals surface area contributed by atoms with Crippen LogP contribution in [0.15, 0.2) is 35.0 Å². The molecule has 0 radical (unpaired) electrons. The molecule has 8 nitrogen and oxygen atoms in total. The van der Waals surface area contributed by atoms with Gasteiger partial charge in [-0.25, -0.2) is 9.59 Å². The van der Waals surface area contributed by atoms with Gasteiger partial charge < -0.3 is 25.2 Å². The monoisotopic (exact) mass is 376 g/mol. The minimum Gasteiger partial charge on any atom is -0.481 e. The summed E-state index contributed by atoms with van der Waals surface area (Å²) in [6, 6.07) is 6.77. The molecule has 1 atom stereocenters. The van der Waals surface area contributed by atoms with Crippen molar-refractivity contribution < 1.29 is 29.1 Å². The molecule has 1 aromatic carbocycles. The Balaban J connectivity index is 0.000000413. The quantitative estimate of drug-likeness (QED) is 0.677. The third-order valence-electron chi connectivity index (χ3n) is 2.55. The van der Waals surface area contributed by atoms with Crippen LogP contribution in [0.25, 0.3) is 0 Å². The summed E-state index contributed by atoms with van der Waals surface area (Å²) in [5.41, 5.74) is 5.56. The predicted molar refractivity (Wildman–Crippen MR) is 85.3 cm³/mol. The molecule has 0 saturated heterocycles. The Labute approximate surface area is 146 Å². The minimum absolute atomic E-state index is 0.325. The molecule has 1 aromatic heterocycles. The summed E-state index contributed by atoms with van der Waals surface area (Å²) in [5, 5.41) is 19.5. The van der Waals surface area contributed by atoms with Crippen molar-refractivity contribution in [2.75, 3.05) is 6.54 Å². The Morgan fingerprint density at radius 2 is 1.92 bits per heavy atom. The van der Waals surface area contributed by atoms with E-state index in [4.69, 9.17) is 58.0 Å². The van der Waals surface area contributed by atoms with Crippen LogP contribution in [0.1, 0.15) is 18.3 Å². The number of carboxylic acid groups (broad SMARTS) is 2. The van der Waals surface area contributed by atoms with Crippen LogP contribution in [-0.4, -0.2) is 33.9 Å². The Kier molecular flexibility index (Phi) is 8.03. The fraction of sp³-hybridized carbons (Fsp3) is 0.214. The van der Waals surface area contributed by atoms with Crippen molar-refractivity contribution in [3.8, 4) is 5.75 Å². The number of hydrogen-bond donors (Lipinski definition) is 3. The van der Waals surface area contributed by atoms with Crippen LogP contribution in [0.3, 0.4) is 0 Å². The van der Waals surface area contributed by atoms with Gasteiger partial charge in [0.15, 0.2) is 11.9 Å². The van der Waals surface area contributed by atoms with Crippen LogP contribution in [-0.2, 0) is 9.59 Å². The van der Waals surface area contributed by atoms with Crippen LogP contribution >= 0.6 is 23.2 Å². The van der Waals surface area contributed by atoms with Gasteiger partial charge in [-0.15, -0.1) is 0 Å². The van der Waals surface area contributed by atoms with Gasteiger partial charge in [-0.2, -0.15) is 0 Å². The summed E-state index contributed by atoms with van der Waals surface area (Å²) >= 11 is 11.9. The Morgan fingerprint density at radius 3 is 2.42 bits per heavy atom. The molecule has 1 unspecified atom stereocenters. The highest BCUT2D eigenvalue weighted by atomic mass is 35.5. The summed E-state index contributed by atoms with van der Waals surface area (Å²) in [7, 11) is 0. The average molecular weight is 377 g/mol. The molecule has 0 bridgehead atoms. The lowest BCUT2D eigenvalue weighted by Gasteiger charge is -2.16. The maximum atomic E-state index is 9.10. The molecule has 4 N–H and O–H groups in total. The number of hydrogen-bond acceptors (Lipinski definition) is 6. The van der Waals surface area contributed by atoms with Crippen LogP contribution in [0.4, 0.5) is 0 Å². The first-order valence-electron chi connectivity index (χ1n) is 6.53. The normalized spacial score (nSPS) is 11.1. The fourth-order valence-corrected chi connectivity index (χ4v) is 1.85. The van der Waals surface area contributed by atoms with E-state index in [0.29, 0.717) is 34.5 Å². The Bertz CT molecular complexity index is 666. The zero-order chi connectivity index (χ0) is 18.1. The highest BCUT2D eigenvalue weighted by Gasteiger charge is 2.18. The zero-order valence-electron chi connectivity index (χ0n) is 12.2. The minimum atomic E-state index is -1.82. The standard InChI is InChI=1S/C12H12Cl2N2O2.C2H2O4/c13-8-1-2-9(14)12(7-8)17-10(3-5-15)11-4-6-16-18-11;3-1(4)2(5)6/h1-2,4,6-7,10H,3,5,15H2;(H,3,4)(H,5,6). The van der Waals surface area contributed by atoms with Gasteiger partial charge in [-0.3, -0.25) is 0 Å². The smallest absolute Gasteiger partial charge is 0.414 e. The second-order valence-corrected chi connectivity index (χ2v) is 5.13. The molecule has 2 aromatic rings. The molecule has 0 spiro atoms. The molecule has 2 rings (SSSR count). The topological polar surface area (TPSA) is 136 Å². The lowest BCUT2D eigenvalue weighted by molar-refractivity contribution is -0.159. The molecule has 0 aliphatic heterocycles. The van der Waals surface area contributed by atoms with Gasteiger partial charge >= 0.3 is 11.9 Å². The number of aromatic nitrogens is 1. The molecular formula is C14H14Cl2N2O6. The third-order valence-corrected chi connectivity index (χ3v) is 3.10. The van der Waals surface area contributed by atoms with Crippen molar-refractivity contribution in [2.24, 2.45) is 5.73 Å². The second-order valence-electron chi connectivity index (χ2n) is 4.28. The van der Waals surface area contributed by atoms with E-state index >= 15 is 0 Å². The summed E-state index contributed by atoms with van der Waals surface area (Å²) in [6.45, 7) is 0.462. The van der Waals surface area contributed by atoms with Gasteiger partial charge in [0.2, 0.25) is 0 Å². The van der Waals surface area contributed by atoms with Crippen molar-refractivity contribution in [3.63, 3.8) is 0 Å². The summed E-state index contributed by atoms with van der Waals surface area (Å²) in [6.07, 6.45) is 1.83. The van der Waals surface area contributed by atoms with E-state index in [2.05, 4.69) is 5.16 Å². The van der Waals surface area contributed by atoms with Crippen molar-refractivity contribution in [2.45, 2.75) is 12.5 Å². The second kappa shape index (κ2) is 9.76. The van der Waals surface area contributed by atoms with Gasteiger partial charge in [-0.1, -0.05) is 28.4 Å². The van der Waals surface area contributed by atoms with Crippen LogP contribution in [0.5, 0.6) is 5.75 Å². The van der Waals surface area contributed by atoms with E-state index in [0.717, 1.165) is 0 Å². The molecule has 24 heavy (non-hydrogen) atoms. The predicted octanol–water partition coefficient (Wildman–Crippen LogP) is 2.61. The molecule has 10 heteroatoms. The number of halogens is 2. The van der Waals surface area contributed by atoms with Crippen molar-refractivity contribution >= 4 is 35.1 Å². The molecular weight excluding hydrogens is 363 g/mol. The van der Waals surface area contributed by atoms with E-state index < -0.39 is 11.9 Å². The van der Waals surface area contributed by atoms with Gasteiger partial charge in [-0.05, 0) is 18.7 Å². The largest absolute Gasteiger partial charge is 0.481 e. The fourth-order valence-electron chi connectivity index (χ4n) is 1.52. The summed E-state index contributed by atoms with van der Waals surface area (Å²) < 4.78 is 10.9. The van der Waals surface area contributed by atoms with Crippen LogP contribution in [0, 0.1) is 0 Å². The maximum absolute atomic E-state index is 9.10. The summed E-state index contributed by atoms with van der Waals surface area (Å²) in [4.78, 5) is 18.2. The first-order valence-corrected chi connectivity index (χ1v) is 7.29. The highest BCUT2D eigenvalue weighted by Crippen LogP contribution is 2.32. The number of ether oxygens (including phenoxy) is 1. The first-order chi connectivity index (χ1) is 11.3. The first kappa shape index (κ1) is 19.8. The van der Waals surface area contributed by atoms with Crippen molar-refractivity contribution in [1.82, 2.24) is 5.16 Å². The molecule has 1 heterocycles. The van der Waals surface area contributed by atoms with Crippen molar-refractivity contribution in [3.05, 3.63) is 46.3 Å². The number of nitrogens with two attached hydrogens (primary N) is 1. The Hall–Kier alpha value is -2.29. The molecule has 130 valence electrons. The highest BCUT2D eigenvalue weighted by molar-refractivity contribution is 6.34. The van der Waals surface area contributed by atoms with E-state index in [1.807, 2.05) is 0 Å². The van der Waals surface area contributed by atoms with E-state index in [9.17, 15) is 0 Å². The lowest BCUT2D eigenvalue weighted by atomic mass is 10.2. The maximum Gasteiger partial charge on any atom is 0.414 e. The SMILES string of the molecule is NCCC(Oc1cc(Cl)ccc1Cl)c1ccno1.O=C(O)C(=O)O. The molecule has 0 fully saturated rings. The zero-order valence-corrected chi connectivity index (χ0v) is 13.7. The van der Waals surface area contributed by atoms with E-state index in [-0.39, 0.29) is 6.10 Å². The van der Waals surface area contributed by atoms with Crippen LogP contribution in [0.2, 0.25) is 10.0 Å². The van der Waals surface area contributed by atoms with Gasteiger partial charge in [0.05, 0.1) is 11.2 Å². The third kappa shape index (κ3) is 6.45. The van der Waals surface area contributed by atoms with Gasteiger partial charge in [0.25, 0.3) is 0 Å². The number of carboxylic acids is 2. The number of carbonyl (C=O) groups is 2. The average Bonchev–Trinajstić information content (AvgIpc) is 3.05. The molecule has 0 amide bonds. The van der Waals surface area contributed by atoms with Gasteiger partial charge in [0, 0.05) is 23.6 Å². The number of rotatable bonds is 5. The number of nitrogens with zero attached hydrogens (tertiary/aromatic N) is 1. The lowest BCUT2D eigenvalue weighted by Crippen LogP contribution is -2.12.